The van der Waals surface area contributed by atoms with E-state index in [1.54, 1.807) is 0 Å². The van der Waals surface area contributed by atoms with Gasteiger partial charge in [-0.05, 0) is 60.3 Å². The van der Waals surface area contributed by atoms with Gasteiger partial charge in [0.15, 0.2) is 0 Å². The first-order valence-electron chi connectivity index (χ1n) is 12.2. The van der Waals surface area contributed by atoms with Gasteiger partial charge in [0, 0.05) is 12.5 Å². The third-order valence-electron chi connectivity index (χ3n) is 7.58. The van der Waals surface area contributed by atoms with Crippen molar-refractivity contribution < 1.29 is 24.2 Å². The average Bonchev–Trinajstić information content (AvgIpc) is 3.14. The molecule has 1 saturated heterocycles. The second-order valence-corrected chi connectivity index (χ2v) is 9.52. The average molecular weight is 463 g/mol. The number of nitrogens with zero attached hydrogens (tertiary/aromatic N) is 1. The zero-order valence-corrected chi connectivity index (χ0v) is 19.1. The van der Waals surface area contributed by atoms with Crippen molar-refractivity contribution in [1.29, 1.82) is 0 Å². The molecule has 178 valence electrons. The Balaban J connectivity index is 1.28. The predicted molar refractivity (Wildman–Crippen MR) is 126 cm³/mol. The summed E-state index contributed by atoms with van der Waals surface area (Å²) in [7, 11) is 0. The van der Waals surface area contributed by atoms with E-state index in [4.69, 9.17) is 4.74 Å². The van der Waals surface area contributed by atoms with Crippen molar-refractivity contribution in [3.05, 3.63) is 59.7 Å². The zero-order valence-electron chi connectivity index (χ0n) is 19.1. The lowest BCUT2D eigenvalue weighted by atomic mass is 9.79. The third kappa shape index (κ3) is 4.15. The minimum absolute atomic E-state index is 0.0179. The van der Waals surface area contributed by atoms with Gasteiger partial charge in [-0.3, -0.25) is 4.79 Å². The molecule has 3 aliphatic rings. The maximum Gasteiger partial charge on any atom is 0.407 e. The van der Waals surface area contributed by atoms with E-state index in [9.17, 15) is 19.5 Å². The SMILES string of the molecule is O=C(NC(C(=O)N1CCCCC1C(=O)O)C1CCC1)OCC1c2ccccc2-c2ccccc21. The number of carboxylic acids is 1. The van der Waals surface area contributed by atoms with Gasteiger partial charge in [-0.25, -0.2) is 9.59 Å². The second kappa shape index (κ2) is 9.49. The van der Waals surface area contributed by atoms with Crippen LogP contribution in [-0.2, 0) is 14.3 Å². The van der Waals surface area contributed by atoms with Gasteiger partial charge in [0.2, 0.25) is 5.91 Å². The largest absolute Gasteiger partial charge is 0.480 e. The van der Waals surface area contributed by atoms with E-state index >= 15 is 0 Å². The van der Waals surface area contributed by atoms with Crippen molar-refractivity contribution in [2.75, 3.05) is 13.2 Å². The standard InChI is InChI=1S/C27H30N2O5/c30-25(29-15-6-5-14-23(29)26(31)32)24(17-8-7-9-17)28-27(33)34-16-22-20-12-3-1-10-18(20)19-11-2-4-13-21(19)22/h1-4,10-13,17,22-24H,5-9,14-16H2,(H,28,33)(H,31,32). The first kappa shape index (κ1) is 22.4. The van der Waals surface area contributed by atoms with Gasteiger partial charge in [-0.15, -0.1) is 0 Å². The van der Waals surface area contributed by atoms with E-state index in [2.05, 4.69) is 29.6 Å². The molecule has 2 fully saturated rings. The minimum atomic E-state index is -0.985. The van der Waals surface area contributed by atoms with Crippen LogP contribution in [0.2, 0.25) is 0 Å². The minimum Gasteiger partial charge on any atom is -0.480 e. The van der Waals surface area contributed by atoms with Crippen LogP contribution in [0.15, 0.2) is 48.5 Å². The predicted octanol–water partition coefficient (Wildman–Crippen LogP) is 4.16. The lowest BCUT2D eigenvalue weighted by molar-refractivity contribution is -0.153. The molecule has 2 aromatic carbocycles. The van der Waals surface area contributed by atoms with Crippen molar-refractivity contribution in [3.8, 4) is 11.1 Å². The van der Waals surface area contributed by atoms with E-state index in [0.29, 0.717) is 13.0 Å². The highest BCUT2D eigenvalue weighted by Gasteiger charge is 2.41. The number of hydrogen-bond acceptors (Lipinski definition) is 4. The Hall–Kier alpha value is -3.35. The molecule has 1 heterocycles. The summed E-state index contributed by atoms with van der Waals surface area (Å²) in [6.45, 7) is 0.582. The van der Waals surface area contributed by atoms with Crippen LogP contribution in [0.5, 0.6) is 0 Å². The molecule has 0 radical (unpaired) electrons. The molecule has 2 aromatic rings. The third-order valence-corrected chi connectivity index (χ3v) is 7.58. The number of carbonyl (C=O) groups is 3. The molecule has 34 heavy (non-hydrogen) atoms. The number of likely N-dealkylation sites (tertiary alicyclic amines) is 1. The van der Waals surface area contributed by atoms with Crippen LogP contribution in [0.4, 0.5) is 4.79 Å². The highest BCUT2D eigenvalue weighted by molar-refractivity contribution is 5.90. The number of benzene rings is 2. The number of fused-ring (bicyclic) bond motifs is 3. The van der Waals surface area contributed by atoms with Crippen LogP contribution in [0, 0.1) is 5.92 Å². The fourth-order valence-corrected chi connectivity index (χ4v) is 5.55. The van der Waals surface area contributed by atoms with E-state index in [1.165, 1.54) is 4.90 Å². The van der Waals surface area contributed by atoms with E-state index in [-0.39, 0.29) is 24.3 Å². The van der Waals surface area contributed by atoms with Gasteiger partial charge in [0.1, 0.15) is 18.7 Å². The fourth-order valence-electron chi connectivity index (χ4n) is 5.55. The number of carbonyl (C=O) groups excluding carboxylic acids is 2. The van der Waals surface area contributed by atoms with E-state index in [1.807, 2.05) is 24.3 Å². The number of alkyl carbamates (subject to hydrolysis) is 1. The van der Waals surface area contributed by atoms with Crippen molar-refractivity contribution in [3.63, 3.8) is 0 Å². The Morgan fingerprint density at radius 2 is 1.59 bits per heavy atom. The molecule has 0 bridgehead atoms. The van der Waals surface area contributed by atoms with Crippen LogP contribution in [0.25, 0.3) is 11.1 Å². The Bertz CT molecular complexity index is 1050. The molecular weight excluding hydrogens is 432 g/mol. The molecule has 2 unspecified atom stereocenters. The maximum atomic E-state index is 13.4. The summed E-state index contributed by atoms with van der Waals surface area (Å²) in [6.07, 6.45) is 4.06. The molecule has 5 rings (SSSR count). The number of rotatable bonds is 6. The topological polar surface area (TPSA) is 95.9 Å². The Morgan fingerprint density at radius 1 is 0.941 bits per heavy atom. The summed E-state index contributed by atoms with van der Waals surface area (Å²) in [6, 6.07) is 14.7. The summed E-state index contributed by atoms with van der Waals surface area (Å²) in [5, 5.41) is 12.4. The van der Waals surface area contributed by atoms with Crippen LogP contribution in [-0.4, -0.2) is 53.2 Å². The molecule has 2 N–H and O–H groups in total. The Kier molecular flexibility index (Phi) is 6.26. The molecule has 1 saturated carbocycles. The number of carboxylic acid groups (broad SMARTS) is 1. The van der Waals surface area contributed by atoms with Crippen molar-refractivity contribution >= 4 is 18.0 Å². The number of ether oxygens (including phenoxy) is 1. The number of aliphatic carboxylic acids is 1. The Labute approximate surface area is 199 Å². The van der Waals surface area contributed by atoms with Crippen LogP contribution >= 0.6 is 0 Å². The van der Waals surface area contributed by atoms with Crippen LogP contribution in [0.1, 0.15) is 55.6 Å². The summed E-state index contributed by atoms with van der Waals surface area (Å²) in [5.41, 5.74) is 4.56. The maximum absolute atomic E-state index is 13.4. The van der Waals surface area contributed by atoms with Gasteiger partial charge >= 0.3 is 12.1 Å². The first-order chi connectivity index (χ1) is 16.5. The first-order valence-corrected chi connectivity index (χ1v) is 12.2. The van der Waals surface area contributed by atoms with Crippen LogP contribution < -0.4 is 5.32 Å². The van der Waals surface area contributed by atoms with E-state index in [0.717, 1.165) is 54.4 Å². The van der Waals surface area contributed by atoms with E-state index < -0.39 is 24.1 Å². The normalized spacial score (nSPS) is 20.6. The van der Waals surface area contributed by atoms with Crippen molar-refractivity contribution in [2.24, 2.45) is 5.92 Å². The highest BCUT2D eigenvalue weighted by Crippen LogP contribution is 2.44. The number of amides is 2. The fraction of sp³-hybridized carbons (Fsp3) is 0.444. The molecule has 2 amide bonds. The van der Waals surface area contributed by atoms with Gasteiger partial charge < -0.3 is 20.1 Å². The number of nitrogens with one attached hydrogen (secondary N) is 1. The Morgan fingerprint density at radius 3 is 2.18 bits per heavy atom. The van der Waals surface area contributed by atoms with Crippen LogP contribution in [0.3, 0.4) is 0 Å². The summed E-state index contributed by atoms with van der Waals surface area (Å²) < 4.78 is 5.66. The van der Waals surface area contributed by atoms with Crippen molar-refractivity contribution in [2.45, 2.75) is 56.5 Å². The summed E-state index contributed by atoms with van der Waals surface area (Å²) in [4.78, 5) is 39.4. The molecule has 7 nitrogen and oxygen atoms in total. The lowest BCUT2D eigenvalue weighted by Gasteiger charge is -2.39. The molecule has 2 aliphatic carbocycles. The molecule has 0 spiro atoms. The molecule has 7 heteroatoms. The highest BCUT2D eigenvalue weighted by atomic mass is 16.5. The quantitative estimate of drug-likeness (QED) is 0.672. The zero-order chi connectivity index (χ0) is 23.7. The smallest absolute Gasteiger partial charge is 0.407 e. The van der Waals surface area contributed by atoms with Crippen molar-refractivity contribution in [1.82, 2.24) is 10.2 Å². The summed E-state index contributed by atoms with van der Waals surface area (Å²) in [5.74, 6) is -1.33. The summed E-state index contributed by atoms with van der Waals surface area (Å²) >= 11 is 0. The molecule has 1 aliphatic heterocycles. The van der Waals surface area contributed by atoms with Gasteiger partial charge in [0.25, 0.3) is 0 Å². The number of hydrogen-bond donors (Lipinski definition) is 2. The van der Waals surface area contributed by atoms with Gasteiger partial charge in [-0.2, -0.15) is 0 Å². The lowest BCUT2D eigenvalue weighted by Crippen LogP contribution is -2.58. The van der Waals surface area contributed by atoms with Gasteiger partial charge in [-0.1, -0.05) is 55.0 Å². The monoisotopic (exact) mass is 462 g/mol. The molecular formula is C27H30N2O5. The molecule has 0 aromatic heterocycles. The molecule has 2 atom stereocenters. The van der Waals surface area contributed by atoms with Gasteiger partial charge in [0.05, 0.1) is 0 Å². The number of piperidine rings is 1. The second-order valence-electron chi connectivity index (χ2n) is 9.52.